The molecule has 0 N–H and O–H groups in total. The first-order valence-electron chi connectivity index (χ1n) is 5.81. The molecule has 0 fully saturated rings. The van der Waals surface area contributed by atoms with Crippen molar-refractivity contribution in [3.8, 4) is 0 Å². The highest BCUT2D eigenvalue weighted by Gasteiger charge is 2.23. The molecule has 0 aliphatic carbocycles. The summed E-state index contributed by atoms with van der Waals surface area (Å²) in [5, 5.41) is 1.73. The maximum absolute atomic E-state index is 5.92. The molecule has 0 radical (unpaired) electrons. The van der Waals surface area contributed by atoms with Crippen LogP contribution in [0.2, 0.25) is 5.02 Å². The van der Waals surface area contributed by atoms with Gasteiger partial charge in [0.1, 0.15) is 0 Å². The van der Waals surface area contributed by atoms with Gasteiger partial charge < -0.3 is 4.74 Å². The molecule has 0 aliphatic rings. The van der Waals surface area contributed by atoms with Crippen LogP contribution in [0.25, 0.3) is 0 Å². The van der Waals surface area contributed by atoms with Crippen molar-refractivity contribution in [2.75, 3.05) is 11.9 Å². The fourth-order valence-electron chi connectivity index (χ4n) is 1.47. The number of benzene rings is 1. The third-order valence-corrected chi connectivity index (χ3v) is 3.90. The van der Waals surface area contributed by atoms with Gasteiger partial charge in [0.15, 0.2) is 0 Å². The molecule has 0 saturated heterocycles. The molecule has 0 heterocycles. The zero-order valence-corrected chi connectivity index (χ0v) is 13.0. The van der Waals surface area contributed by atoms with E-state index in [-0.39, 0.29) is 5.41 Å². The molecular weight excluding hydrogens is 300 g/mol. The quantitative estimate of drug-likeness (QED) is 0.700. The summed E-state index contributed by atoms with van der Waals surface area (Å²) in [4.78, 5) is 0. The van der Waals surface area contributed by atoms with Crippen LogP contribution in [0, 0.1) is 11.3 Å². The summed E-state index contributed by atoms with van der Waals surface area (Å²) in [6.45, 7) is 8.10. The Morgan fingerprint density at radius 3 is 2.59 bits per heavy atom. The van der Waals surface area contributed by atoms with Crippen LogP contribution in [0.5, 0.6) is 0 Å². The normalized spacial score (nSPS) is 13.7. The van der Waals surface area contributed by atoms with Crippen molar-refractivity contribution < 1.29 is 4.74 Å². The smallest absolute Gasteiger partial charge is 0.0717 e. The molecule has 96 valence electrons. The Hall–Kier alpha value is -0.0500. The SMILES string of the molecule is CC(C)(C)C(CBr)COCc1cccc(Cl)c1. The van der Waals surface area contributed by atoms with Crippen LogP contribution in [0.15, 0.2) is 24.3 Å². The predicted molar refractivity (Wildman–Crippen MR) is 77.8 cm³/mol. The van der Waals surface area contributed by atoms with E-state index in [1.165, 1.54) is 0 Å². The summed E-state index contributed by atoms with van der Waals surface area (Å²) in [6.07, 6.45) is 0. The minimum Gasteiger partial charge on any atom is -0.376 e. The van der Waals surface area contributed by atoms with Gasteiger partial charge in [-0.1, -0.05) is 60.4 Å². The van der Waals surface area contributed by atoms with Gasteiger partial charge in [0, 0.05) is 10.4 Å². The number of ether oxygens (including phenoxy) is 1. The molecule has 0 spiro atoms. The number of hydrogen-bond acceptors (Lipinski definition) is 1. The van der Waals surface area contributed by atoms with Crippen LogP contribution in [0.4, 0.5) is 0 Å². The summed E-state index contributed by atoms with van der Waals surface area (Å²) in [5.41, 5.74) is 1.39. The van der Waals surface area contributed by atoms with E-state index in [2.05, 4.69) is 36.7 Å². The van der Waals surface area contributed by atoms with Gasteiger partial charge in [-0.15, -0.1) is 0 Å². The molecule has 1 unspecified atom stereocenters. The molecule has 0 saturated carbocycles. The molecule has 0 amide bonds. The van der Waals surface area contributed by atoms with Crippen molar-refractivity contribution >= 4 is 27.5 Å². The zero-order chi connectivity index (χ0) is 12.9. The van der Waals surface area contributed by atoms with E-state index in [0.29, 0.717) is 12.5 Å². The Labute approximate surface area is 118 Å². The molecule has 1 rings (SSSR count). The molecule has 0 aromatic heterocycles. The Morgan fingerprint density at radius 2 is 2.06 bits per heavy atom. The first-order chi connectivity index (χ1) is 7.93. The van der Waals surface area contributed by atoms with Crippen molar-refractivity contribution in [1.82, 2.24) is 0 Å². The highest BCUT2D eigenvalue weighted by Crippen LogP contribution is 2.28. The number of alkyl halides is 1. The molecule has 1 nitrogen and oxygen atoms in total. The third-order valence-electron chi connectivity index (χ3n) is 2.89. The molecule has 3 heteroatoms. The molecule has 0 bridgehead atoms. The first-order valence-corrected chi connectivity index (χ1v) is 7.31. The van der Waals surface area contributed by atoms with Crippen molar-refractivity contribution in [2.24, 2.45) is 11.3 Å². The topological polar surface area (TPSA) is 9.23 Å². The van der Waals surface area contributed by atoms with E-state index in [1.54, 1.807) is 0 Å². The lowest BCUT2D eigenvalue weighted by molar-refractivity contribution is 0.0564. The molecule has 1 atom stereocenters. The second-order valence-corrected chi connectivity index (χ2v) is 6.45. The second kappa shape index (κ2) is 6.77. The number of hydrogen-bond donors (Lipinski definition) is 0. The van der Waals surface area contributed by atoms with Gasteiger partial charge in [0.05, 0.1) is 13.2 Å². The first kappa shape index (κ1) is 15.0. The Morgan fingerprint density at radius 1 is 1.35 bits per heavy atom. The van der Waals surface area contributed by atoms with E-state index in [1.807, 2.05) is 24.3 Å². The lowest BCUT2D eigenvalue weighted by atomic mass is 9.83. The van der Waals surface area contributed by atoms with Crippen molar-refractivity contribution in [1.29, 1.82) is 0 Å². The minimum atomic E-state index is 0.262. The van der Waals surface area contributed by atoms with Crippen molar-refractivity contribution in [3.63, 3.8) is 0 Å². The summed E-state index contributed by atoms with van der Waals surface area (Å²) in [6, 6.07) is 7.81. The standard InChI is InChI=1S/C14H20BrClO/c1-14(2,3)12(8-15)10-17-9-11-5-4-6-13(16)7-11/h4-7,12H,8-10H2,1-3H3. The summed E-state index contributed by atoms with van der Waals surface area (Å²) < 4.78 is 5.77. The van der Waals surface area contributed by atoms with Gasteiger partial charge in [-0.2, -0.15) is 0 Å². The largest absolute Gasteiger partial charge is 0.376 e. The Bertz CT molecular complexity index is 346. The van der Waals surface area contributed by atoms with Gasteiger partial charge >= 0.3 is 0 Å². The van der Waals surface area contributed by atoms with E-state index in [0.717, 1.165) is 22.5 Å². The molecular formula is C14H20BrClO. The van der Waals surface area contributed by atoms with Crippen LogP contribution in [-0.2, 0) is 11.3 Å². The van der Waals surface area contributed by atoms with E-state index in [4.69, 9.17) is 16.3 Å². The van der Waals surface area contributed by atoms with Gasteiger partial charge in [0.2, 0.25) is 0 Å². The van der Waals surface area contributed by atoms with E-state index < -0.39 is 0 Å². The lowest BCUT2D eigenvalue weighted by Crippen LogP contribution is -2.26. The lowest BCUT2D eigenvalue weighted by Gasteiger charge is -2.28. The molecule has 0 aliphatic heterocycles. The van der Waals surface area contributed by atoms with Crippen LogP contribution in [-0.4, -0.2) is 11.9 Å². The fraction of sp³-hybridized carbons (Fsp3) is 0.571. The van der Waals surface area contributed by atoms with E-state index in [9.17, 15) is 0 Å². The van der Waals surface area contributed by atoms with Crippen LogP contribution in [0.3, 0.4) is 0 Å². The average Bonchev–Trinajstić information content (AvgIpc) is 2.22. The molecule has 1 aromatic rings. The Kier molecular flexibility index (Phi) is 5.98. The second-order valence-electron chi connectivity index (χ2n) is 5.36. The van der Waals surface area contributed by atoms with Gasteiger partial charge in [-0.05, 0) is 29.0 Å². The van der Waals surface area contributed by atoms with Crippen LogP contribution < -0.4 is 0 Å². The summed E-state index contributed by atoms with van der Waals surface area (Å²) in [5.74, 6) is 0.515. The van der Waals surface area contributed by atoms with Gasteiger partial charge in [-0.25, -0.2) is 0 Å². The monoisotopic (exact) mass is 318 g/mol. The highest BCUT2D eigenvalue weighted by molar-refractivity contribution is 9.09. The summed E-state index contributed by atoms with van der Waals surface area (Å²) in [7, 11) is 0. The molecule has 17 heavy (non-hydrogen) atoms. The molecule has 1 aromatic carbocycles. The summed E-state index contributed by atoms with van der Waals surface area (Å²) >= 11 is 9.47. The van der Waals surface area contributed by atoms with E-state index >= 15 is 0 Å². The third kappa shape index (κ3) is 5.41. The highest BCUT2D eigenvalue weighted by atomic mass is 79.9. The van der Waals surface area contributed by atoms with Crippen molar-refractivity contribution in [3.05, 3.63) is 34.9 Å². The van der Waals surface area contributed by atoms with Crippen LogP contribution in [0.1, 0.15) is 26.3 Å². The van der Waals surface area contributed by atoms with Gasteiger partial charge in [-0.3, -0.25) is 0 Å². The zero-order valence-electron chi connectivity index (χ0n) is 10.7. The average molecular weight is 320 g/mol. The maximum Gasteiger partial charge on any atom is 0.0717 e. The number of rotatable bonds is 5. The van der Waals surface area contributed by atoms with Crippen LogP contribution >= 0.6 is 27.5 Å². The maximum atomic E-state index is 5.92. The Balaban J connectivity index is 2.42. The fourth-order valence-corrected chi connectivity index (χ4v) is 2.84. The van der Waals surface area contributed by atoms with Gasteiger partial charge in [0.25, 0.3) is 0 Å². The predicted octanol–water partition coefficient (Wildman–Crippen LogP) is 4.91. The van der Waals surface area contributed by atoms with Crippen molar-refractivity contribution in [2.45, 2.75) is 27.4 Å². The number of halogens is 2. The minimum absolute atomic E-state index is 0.262.